The van der Waals surface area contributed by atoms with Crippen LogP contribution in [0.4, 0.5) is 4.79 Å². The Hall–Kier alpha value is -1.56. The Morgan fingerprint density at radius 3 is 2.33 bits per heavy atom. The number of hydrogen-bond donors (Lipinski definition) is 0. The molecule has 8 heteroatoms. The number of para-hydroxylation sites is 1. The minimum Gasteiger partial charge on any atom is -0.385 e. The molecule has 0 unspecified atom stereocenters. The van der Waals surface area contributed by atoms with Crippen molar-refractivity contribution in [3.8, 4) is 5.75 Å². The third-order valence-corrected chi connectivity index (χ3v) is 4.28. The topological polar surface area (TPSA) is 80.3 Å². The van der Waals surface area contributed by atoms with E-state index < -0.39 is 19.8 Å². The Morgan fingerprint density at radius 1 is 1.19 bits per heavy atom. The van der Waals surface area contributed by atoms with Gasteiger partial charge in [-0.2, -0.15) is 4.57 Å². The summed E-state index contributed by atoms with van der Waals surface area (Å²) in [6, 6.07) is 6.77. The highest BCUT2D eigenvalue weighted by Gasteiger charge is 2.50. The fourth-order valence-corrected chi connectivity index (χ4v) is 3.03. The number of hydrogen-bond acceptors (Lipinski definition) is 7. The first kappa shape index (κ1) is 15.8. The Labute approximate surface area is 122 Å². The molecule has 0 spiro atoms. The van der Waals surface area contributed by atoms with Crippen LogP contribution in [0.15, 0.2) is 24.3 Å². The van der Waals surface area contributed by atoms with Crippen molar-refractivity contribution >= 4 is 14.0 Å². The Balaban J connectivity index is 2.35. The zero-order valence-corrected chi connectivity index (χ0v) is 12.9. The Kier molecular flexibility index (Phi) is 4.56. The fourth-order valence-electron chi connectivity index (χ4n) is 2.18. The largest absolute Gasteiger partial charge is 0.656 e. The molecule has 0 saturated carbocycles. The van der Waals surface area contributed by atoms with Gasteiger partial charge in [0.05, 0.1) is 5.56 Å². The molecule has 1 aromatic carbocycles. The Morgan fingerprint density at radius 2 is 1.81 bits per heavy atom. The maximum atomic E-state index is 11.9. The van der Waals surface area contributed by atoms with Crippen LogP contribution in [-0.2, 0) is 28.9 Å². The van der Waals surface area contributed by atoms with E-state index in [1.165, 1.54) is 14.2 Å². The normalized spacial score (nSPS) is 16.6. The van der Waals surface area contributed by atoms with Crippen molar-refractivity contribution in [2.45, 2.75) is 25.6 Å². The van der Waals surface area contributed by atoms with Crippen molar-refractivity contribution in [3.63, 3.8) is 0 Å². The minimum absolute atomic E-state index is 0.213. The number of phosphoric ester groups is 1. The quantitative estimate of drug-likeness (QED) is 0.561. The smallest absolute Gasteiger partial charge is 0.385 e. The van der Waals surface area contributed by atoms with Crippen molar-refractivity contribution in [2.24, 2.45) is 0 Å². The van der Waals surface area contributed by atoms with Gasteiger partial charge in [-0.05, 0) is 12.1 Å². The van der Waals surface area contributed by atoms with Gasteiger partial charge in [-0.3, -0.25) is 0 Å². The van der Waals surface area contributed by atoms with E-state index in [4.69, 9.17) is 14.0 Å². The van der Waals surface area contributed by atoms with Gasteiger partial charge in [-0.1, -0.05) is 25.5 Å². The van der Waals surface area contributed by atoms with Crippen molar-refractivity contribution in [1.82, 2.24) is 0 Å². The van der Waals surface area contributed by atoms with Crippen LogP contribution < -0.4 is 4.52 Å². The molecule has 7 nitrogen and oxygen atoms in total. The lowest BCUT2D eigenvalue weighted by Crippen LogP contribution is -2.31. The zero-order valence-electron chi connectivity index (χ0n) is 12.0. The third-order valence-electron chi connectivity index (χ3n) is 3.12. The van der Waals surface area contributed by atoms with E-state index in [1.54, 1.807) is 24.3 Å². The van der Waals surface area contributed by atoms with Gasteiger partial charge in [0, 0.05) is 20.6 Å². The third kappa shape index (κ3) is 3.05. The summed E-state index contributed by atoms with van der Waals surface area (Å²) in [7, 11) is -0.844. The lowest BCUT2D eigenvalue weighted by atomic mass is 10.00. The van der Waals surface area contributed by atoms with Crippen molar-refractivity contribution in [3.05, 3.63) is 29.8 Å². The summed E-state index contributed by atoms with van der Waals surface area (Å²) >= 11 is 0. The molecule has 0 amide bonds. The molecule has 0 atom stereocenters. The van der Waals surface area contributed by atoms with E-state index in [9.17, 15) is 9.36 Å². The molecular weight excluding hydrogens is 299 g/mol. The second-order valence-corrected chi connectivity index (χ2v) is 5.82. The van der Waals surface area contributed by atoms with Gasteiger partial charge in [0.2, 0.25) is 0 Å². The van der Waals surface area contributed by atoms with Gasteiger partial charge in [0.25, 0.3) is 0 Å². The highest BCUT2D eigenvalue weighted by Crippen LogP contribution is 2.58. The van der Waals surface area contributed by atoms with E-state index in [0.29, 0.717) is 12.0 Å². The molecule has 1 fully saturated rings. The molecule has 2 rings (SSSR count). The molecule has 1 aliphatic rings. The number of rotatable bonds is 7. The highest BCUT2D eigenvalue weighted by atomic mass is 31.2. The van der Waals surface area contributed by atoms with Crippen LogP contribution in [-0.4, -0.2) is 20.4 Å². The summed E-state index contributed by atoms with van der Waals surface area (Å²) in [5.74, 6) is -0.829. The molecule has 1 aliphatic heterocycles. The monoisotopic (exact) mass is 316 g/mol. The van der Waals surface area contributed by atoms with E-state index in [-0.39, 0.29) is 5.75 Å². The van der Waals surface area contributed by atoms with Crippen LogP contribution in [0.5, 0.6) is 5.75 Å². The molecule has 1 aromatic rings. The first-order chi connectivity index (χ1) is 9.98. The van der Waals surface area contributed by atoms with Gasteiger partial charge in [0.1, 0.15) is 5.75 Å². The minimum atomic E-state index is -3.87. The van der Waals surface area contributed by atoms with E-state index in [0.717, 1.165) is 6.42 Å². The predicted molar refractivity (Wildman–Crippen MR) is 72.8 cm³/mol. The number of carbonyl (C=O) groups is 1. The summed E-state index contributed by atoms with van der Waals surface area (Å²) in [5, 5.41) is 0. The van der Waals surface area contributed by atoms with Crippen LogP contribution in [0.2, 0.25) is 0 Å². The summed E-state index contributed by atoms with van der Waals surface area (Å²) in [4.78, 5) is 10.7. The molecule has 1 heterocycles. The molecular formula is C13H17O7P. The number of phosphoric acid groups is 1. The van der Waals surface area contributed by atoms with Crippen molar-refractivity contribution in [2.75, 3.05) is 14.2 Å². The van der Waals surface area contributed by atoms with Crippen LogP contribution in [0.25, 0.3) is 0 Å². The lowest BCUT2D eigenvalue weighted by molar-refractivity contribution is -0.220. The average Bonchev–Trinajstić information content (AvgIpc) is 2.44. The van der Waals surface area contributed by atoms with E-state index in [2.05, 4.69) is 9.05 Å². The van der Waals surface area contributed by atoms with Crippen LogP contribution >= 0.6 is 7.82 Å². The second kappa shape index (κ2) is 6.05. The fraction of sp³-hybridized carbons (Fsp3) is 0.462. The summed E-state index contributed by atoms with van der Waals surface area (Å²) < 4.78 is 37.0. The molecule has 0 N–H and O–H groups in total. The Bertz CT molecular complexity index is 555. The van der Waals surface area contributed by atoms with Crippen LogP contribution in [0, 0.1) is 0 Å². The molecule has 0 radical (unpaired) electrons. The van der Waals surface area contributed by atoms with Crippen molar-refractivity contribution in [1.29, 1.82) is 0 Å². The second-order valence-electron chi connectivity index (χ2n) is 4.38. The van der Waals surface area contributed by atoms with Gasteiger partial charge < -0.3 is 23.0 Å². The van der Waals surface area contributed by atoms with Gasteiger partial charge in [-0.25, -0.2) is 4.79 Å². The number of carbonyl (C=O) groups excluding carboxylic acids is 1. The van der Waals surface area contributed by atoms with E-state index >= 15 is 0 Å². The first-order valence-corrected chi connectivity index (χ1v) is 7.87. The first-order valence-electron chi connectivity index (χ1n) is 6.41. The van der Waals surface area contributed by atoms with E-state index in [1.807, 2.05) is 6.92 Å². The maximum Gasteiger partial charge on any atom is 0.656 e. The molecule has 0 bridgehead atoms. The molecule has 0 aliphatic carbocycles. The van der Waals surface area contributed by atoms with Gasteiger partial charge in [-0.15, -0.1) is 0 Å². The van der Waals surface area contributed by atoms with Crippen LogP contribution in [0.1, 0.15) is 25.3 Å². The predicted octanol–water partition coefficient (Wildman–Crippen LogP) is 3.59. The maximum absolute atomic E-state index is 11.9. The number of benzene rings is 1. The average molecular weight is 316 g/mol. The SMILES string of the molecule is CCCC(OC)(OC)c1ccccc1OP1(=O)OC(=O)O1. The summed E-state index contributed by atoms with van der Waals surface area (Å²) in [6.45, 7) is 1.98. The molecule has 1 saturated heterocycles. The van der Waals surface area contributed by atoms with Crippen molar-refractivity contribution < 1.29 is 32.4 Å². The highest BCUT2D eigenvalue weighted by molar-refractivity contribution is 7.52. The number of ether oxygens (including phenoxy) is 2. The summed E-state index contributed by atoms with van der Waals surface area (Å²) in [5.41, 5.74) is 0.540. The molecule has 0 aromatic heterocycles. The van der Waals surface area contributed by atoms with Gasteiger partial charge in [0.15, 0.2) is 5.79 Å². The lowest BCUT2D eigenvalue weighted by Gasteiger charge is -2.33. The molecule has 21 heavy (non-hydrogen) atoms. The number of methoxy groups -OCH3 is 2. The zero-order chi connectivity index (χ0) is 15.5. The summed E-state index contributed by atoms with van der Waals surface area (Å²) in [6.07, 6.45) is 0.332. The standard InChI is InChI=1S/C13H17O7P/c1-4-9-13(16-2,17-3)10-7-5-6-8-11(10)18-21(15)19-12(14)20-21/h5-8H,4,9H2,1-3H3. The van der Waals surface area contributed by atoms with Crippen LogP contribution in [0.3, 0.4) is 0 Å². The van der Waals surface area contributed by atoms with Gasteiger partial charge >= 0.3 is 14.0 Å². The molecule has 116 valence electrons.